The zero-order valence-electron chi connectivity index (χ0n) is 19.0. The first kappa shape index (κ1) is 22.4. The molecule has 0 saturated carbocycles. The Hall–Kier alpha value is -2.79. The van der Waals surface area contributed by atoms with Gasteiger partial charge in [0.25, 0.3) is 0 Å². The third-order valence-corrected chi connectivity index (χ3v) is 6.65. The number of rotatable bonds is 6. The number of nitrogens with one attached hydrogen (secondary N) is 1. The molecule has 1 aliphatic heterocycles. The van der Waals surface area contributed by atoms with Crippen LogP contribution < -0.4 is 5.32 Å². The van der Waals surface area contributed by atoms with Crippen LogP contribution in [0.25, 0.3) is 11.1 Å². The van der Waals surface area contributed by atoms with E-state index >= 15 is 0 Å². The molecule has 1 atom stereocenters. The van der Waals surface area contributed by atoms with Gasteiger partial charge in [0.15, 0.2) is 5.78 Å². The molecular weight excluding hydrogens is 401 g/mol. The number of hydrogen-bond donors (Lipinski definition) is 1. The van der Waals surface area contributed by atoms with Gasteiger partial charge in [-0.2, -0.15) is 0 Å². The minimum Gasteiger partial charge on any atom is -0.372 e. The Morgan fingerprint density at radius 1 is 1.03 bits per heavy atom. The molecule has 32 heavy (non-hydrogen) atoms. The van der Waals surface area contributed by atoms with Gasteiger partial charge >= 0.3 is 0 Å². The Balaban J connectivity index is 2.06. The second-order valence-corrected chi connectivity index (χ2v) is 8.51. The van der Waals surface area contributed by atoms with Crippen LogP contribution in [-0.2, 0) is 4.79 Å². The van der Waals surface area contributed by atoms with Crippen LogP contribution in [0.4, 0.5) is 4.39 Å². The van der Waals surface area contributed by atoms with Crippen molar-refractivity contribution in [3.05, 3.63) is 77.0 Å². The van der Waals surface area contributed by atoms with Crippen molar-refractivity contribution in [3.8, 4) is 0 Å². The number of pyridine rings is 1. The van der Waals surface area contributed by atoms with E-state index in [1.165, 1.54) is 17.8 Å². The standard InChI is InChI=1S/C27H32FN3O/c1-3-19-7-10-23(24(32)4-2)25(20-5-8-22(28)9-6-20)26(21-11-13-29-14-12-21)27(19)31-17-15-30-16-18-31/h5-6,8-9,11-14,19,30H,3-4,7,10,15-18H2,1-2H3. The number of nitrogens with zero attached hydrogens (tertiary/aromatic N) is 2. The average molecular weight is 434 g/mol. The van der Waals surface area contributed by atoms with E-state index in [1.54, 1.807) is 0 Å². The Morgan fingerprint density at radius 2 is 1.69 bits per heavy atom. The van der Waals surface area contributed by atoms with E-state index in [0.717, 1.165) is 73.3 Å². The van der Waals surface area contributed by atoms with Gasteiger partial charge < -0.3 is 10.2 Å². The number of Topliss-reactive ketones (excluding diaryl/α,β-unsaturated/α-hetero) is 1. The minimum absolute atomic E-state index is 0.173. The molecule has 1 saturated heterocycles. The van der Waals surface area contributed by atoms with Crippen LogP contribution in [0.15, 0.2) is 60.1 Å². The number of ketones is 1. The fourth-order valence-electron chi connectivity index (χ4n) is 5.02. The largest absolute Gasteiger partial charge is 0.372 e. The number of piperazine rings is 1. The van der Waals surface area contributed by atoms with Gasteiger partial charge in [-0.15, -0.1) is 0 Å². The maximum atomic E-state index is 13.8. The van der Waals surface area contributed by atoms with E-state index in [-0.39, 0.29) is 11.6 Å². The van der Waals surface area contributed by atoms with Crippen molar-refractivity contribution in [2.45, 2.75) is 39.5 Å². The Kier molecular flexibility index (Phi) is 7.15. The number of allylic oxidation sites excluding steroid dienone is 4. The van der Waals surface area contributed by atoms with Gasteiger partial charge in [-0.05, 0) is 66.1 Å². The lowest BCUT2D eigenvalue weighted by Crippen LogP contribution is -2.44. The molecule has 5 heteroatoms. The van der Waals surface area contributed by atoms with E-state index in [1.807, 2.05) is 43.6 Å². The summed E-state index contributed by atoms with van der Waals surface area (Å²) in [4.78, 5) is 20.0. The van der Waals surface area contributed by atoms with Gasteiger partial charge in [-0.1, -0.05) is 26.0 Å². The second kappa shape index (κ2) is 10.2. The summed E-state index contributed by atoms with van der Waals surface area (Å²) in [5.74, 6) is 0.260. The lowest BCUT2D eigenvalue weighted by Gasteiger charge is -2.37. The van der Waals surface area contributed by atoms with Crippen LogP contribution >= 0.6 is 0 Å². The summed E-state index contributed by atoms with van der Waals surface area (Å²) in [5, 5.41) is 3.46. The molecule has 4 nitrogen and oxygen atoms in total. The van der Waals surface area contributed by atoms with Crippen molar-refractivity contribution in [1.82, 2.24) is 15.2 Å². The van der Waals surface area contributed by atoms with Crippen molar-refractivity contribution in [1.29, 1.82) is 0 Å². The Labute approximate surface area is 190 Å². The predicted octanol–water partition coefficient (Wildman–Crippen LogP) is 5.09. The van der Waals surface area contributed by atoms with E-state index in [2.05, 4.69) is 22.1 Å². The van der Waals surface area contributed by atoms with E-state index in [4.69, 9.17) is 0 Å². The van der Waals surface area contributed by atoms with Gasteiger partial charge in [-0.25, -0.2) is 4.39 Å². The summed E-state index contributed by atoms with van der Waals surface area (Å²) in [6.07, 6.45) is 6.78. The smallest absolute Gasteiger partial charge is 0.159 e. The molecule has 2 aliphatic rings. The van der Waals surface area contributed by atoms with Crippen molar-refractivity contribution in [2.24, 2.45) is 5.92 Å². The van der Waals surface area contributed by atoms with E-state index in [0.29, 0.717) is 12.3 Å². The number of aromatic nitrogens is 1. The quantitative estimate of drug-likeness (QED) is 0.689. The molecule has 0 bridgehead atoms. The first-order chi connectivity index (χ1) is 15.6. The maximum absolute atomic E-state index is 13.8. The van der Waals surface area contributed by atoms with Crippen LogP contribution in [0, 0.1) is 11.7 Å². The van der Waals surface area contributed by atoms with Crippen LogP contribution in [-0.4, -0.2) is 41.8 Å². The topological polar surface area (TPSA) is 45.2 Å². The molecule has 0 spiro atoms. The summed E-state index contributed by atoms with van der Waals surface area (Å²) < 4.78 is 13.8. The van der Waals surface area contributed by atoms with Crippen molar-refractivity contribution >= 4 is 16.9 Å². The van der Waals surface area contributed by atoms with Gasteiger partial charge in [0.1, 0.15) is 5.82 Å². The van der Waals surface area contributed by atoms with Crippen LogP contribution in [0.3, 0.4) is 0 Å². The number of benzene rings is 1. The highest BCUT2D eigenvalue weighted by molar-refractivity contribution is 6.16. The lowest BCUT2D eigenvalue weighted by atomic mass is 9.85. The SMILES string of the molecule is CCC(=O)C1=C(c2ccc(F)cc2)C(c2ccncc2)=C(N2CCNCC2)C(CC)CC1. The third-order valence-electron chi connectivity index (χ3n) is 6.65. The fraction of sp³-hybridized carbons (Fsp3) is 0.407. The normalized spacial score (nSPS) is 19.8. The van der Waals surface area contributed by atoms with Gasteiger partial charge in [0.2, 0.25) is 0 Å². The first-order valence-corrected chi connectivity index (χ1v) is 11.8. The average Bonchev–Trinajstić information content (AvgIpc) is 3.02. The first-order valence-electron chi connectivity index (χ1n) is 11.8. The van der Waals surface area contributed by atoms with Crippen molar-refractivity contribution in [2.75, 3.05) is 26.2 Å². The summed E-state index contributed by atoms with van der Waals surface area (Å²) in [7, 11) is 0. The minimum atomic E-state index is -0.269. The Morgan fingerprint density at radius 3 is 2.31 bits per heavy atom. The number of hydrogen-bond acceptors (Lipinski definition) is 4. The summed E-state index contributed by atoms with van der Waals surface area (Å²) in [5.41, 5.74) is 6.23. The second-order valence-electron chi connectivity index (χ2n) is 8.51. The zero-order valence-corrected chi connectivity index (χ0v) is 19.0. The number of carbonyl (C=O) groups excluding carboxylic acids is 1. The molecule has 1 aromatic carbocycles. The molecule has 1 aromatic heterocycles. The van der Waals surface area contributed by atoms with Gasteiger partial charge in [0.05, 0.1) is 0 Å². The highest BCUT2D eigenvalue weighted by Gasteiger charge is 2.32. The lowest BCUT2D eigenvalue weighted by molar-refractivity contribution is -0.115. The molecule has 1 fully saturated rings. The zero-order chi connectivity index (χ0) is 22.5. The Bertz CT molecular complexity index is 1000. The van der Waals surface area contributed by atoms with Crippen LogP contribution in [0.5, 0.6) is 0 Å². The predicted molar refractivity (Wildman–Crippen MR) is 127 cm³/mol. The van der Waals surface area contributed by atoms with Gasteiger partial charge in [-0.3, -0.25) is 9.78 Å². The summed E-state index contributed by atoms with van der Waals surface area (Å²) >= 11 is 0. The molecule has 1 aliphatic carbocycles. The molecule has 0 radical (unpaired) electrons. The van der Waals surface area contributed by atoms with Crippen LogP contribution in [0.1, 0.15) is 50.7 Å². The van der Waals surface area contributed by atoms with E-state index < -0.39 is 0 Å². The monoisotopic (exact) mass is 433 g/mol. The third kappa shape index (κ3) is 4.53. The highest BCUT2D eigenvalue weighted by atomic mass is 19.1. The molecule has 2 aromatic rings. The fourth-order valence-corrected chi connectivity index (χ4v) is 5.02. The molecular formula is C27H32FN3O. The maximum Gasteiger partial charge on any atom is 0.159 e. The number of halogens is 1. The molecule has 1 unspecified atom stereocenters. The molecule has 168 valence electrons. The number of carbonyl (C=O) groups is 1. The van der Waals surface area contributed by atoms with Crippen molar-refractivity contribution < 1.29 is 9.18 Å². The molecule has 0 amide bonds. The molecule has 1 N–H and O–H groups in total. The van der Waals surface area contributed by atoms with Gasteiger partial charge in [0, 0.05) is 61.8 Å². The van der Waals surface area contributed by atoms with Crippen molar-refractivity contribution in [3.63, 3.8) is 0 Å². The highest BCUT2D eigenvalue weighted by Crippen LogP contribution is 2.45. The summed E-state index contributed by atoms with van der Waals surface area (Å²) in [6, 6.07) is 10.7. The van der Waals surface area contributed by atoms with E-state index in [9.17, 15) is 9.18 Å². The summed E-state index contributed by atoms with van der Waals surface area (Å²) in [6.45, 7) is 7.93. The van der Waals surface area contributed by atoms with Crippen LogP contribution in [0.2, 0.25) is 0 Å². The molecule has 4 rings (SSSR count). The molecule has 2 heterocycles.